The third-order valence-electron chi connectivity index (χ3n) is 10.8. The monoisotopic (exact) mass is 1010 g/mol. The highest BCUT2D eigenvalue weighted by Crippen LogP contribution is 2.45. The van der Waals surface area contributed by atoms with Crippen LogP contribution in [0.1, 0.15) is 63.1 Å². The molecule has 1 fully saturated rings. The summed E-state index contributed by atoms with van der Waals surface area (Å²) in [6.45, 7) is 16.1. The molecular weight excluding hydrogens is 959 g/mol. The number of aliphatic hydroxyl groups is 1. The lowest BCUT2D eigenvalue weighted by atomic mass is 9.79. The van der Waals surface area contributed by atoms with Crippen LogP contribution in [0.25, 0.3) is 11.2 Å². The van der Waals surface area contributed by atoms with E-state index in [2.05, 4.69) is 101 Å². The van der Waals surface area contributed by atoms with Crippen LogP contribution in [0.15, 0.2) is 90.0 Å². The fourth-order valence-corrected chi connectivity index (χ4v) is 18.7. The number of nitrogens with one attached hydrogen (secondary N) is 2. The number of fused-ring (bicyclic) bond motifs is 1. The van der Waals surface area contributed by atoms with Crippen molar-refractivity contribution in [3.05, 3.63) is 118 Å². The Morgan fingerprint density at radius 2 is 1.53 bits per heavy atom. The average Bonchev–Trinajstić information content (AvgIpc) is 3.80. The van der Waals surface area contributed by atoms with Gasteiger partial charge >= 0.3 is 0 Å². The molecule has 0 radical (unpaired) electrons. The summed E-state index contributed by atoms with van der Waals surface area (Å²) < 4.78 is 27.9. The topological polar surface area (TPSA) is 150 Å². The van der Waals surface area contributed by atoms with Crippen LogP contribution in [0.5, 0.6) is 5.75 Å². The molecule has 5 atom stereocenters. The van der Waals surface area contributed by atoms with Gasteiger partial charge in [0.25, 0.3) is 5.56 Å². The van der Waals surface area contributed by atoms with Gasteiger partial charge in [-0.25, -0.2) is 4.98 Å². The summed E-state index contributed by atoms with van der Waals surface area (Å²) in [6.07, 6.45) is -2.39. The molecule has 334 valence electrons. The van der Waals surface area contributed by atoms with Gasteiger partial charge in [0, 0.05) is 81.6 Å². The minimum Gasteiger partial charge on any atom is -0.497 e. The minimum absolute atomic E-state index is 0.0153. The van der Waals surface area contributed by atoms with E-state index in [1.54, 1.807) is 61.0 Å². The number of benzene rings is 3. The molecular formula is C41H51N5O7S8Si. The normalized spacial score (nSPS) is 18.5. The van der Waals surface area contributed by atoms with E-state index < -0.39 is 44.0 Å². The molecule has 0 aliphatic carbocycles. The Labute approximate surface area is 390 Å². The second-order valence-electron chi connectivity index (χ2n) is 16.1. The summed E-state index contributed by atoms with van der Waals surface area (Å²) >= 11 is 9.21. The highest BCUT2D eigenvalue weighted by atomic mass is 33.4. The van der Waals surface area contributed by atoms with Gasteiger partial charge in [0.2, 0.25) is 11.9 Å². The molecule has 2 unspecified atom stereocenters. The highest BCUT2D eigenvalue weighted by Gasteiger charge is 2.52. The first-order valence-corrected chi connectivity index (χ1v) is 31.7. The lowest BCUT2D eigenvalue weighted by Crippen LogP contribution is -2.49. The number of rotatable bonds is 12. The van der Waals surface area contributed by atoms with Crippen LogP contribution in [0.3, 0.4) is 0 Å². The fraction of sp³-hybridized carbons (Fsp3) is 0.415. The van der Waals surface area contributed by atoms with Crippen molar-refractivity contribution in [2.24, 2.45) is 5.92 Å². The smallest absolute Gasteiger partial charge is 0.280 e. The maximum atomic E-state index is 13.2. The number of carbonyl (C=O) groups is 1. The largest absolute Gasteiger partial charge is 0.497 e. The Morgan fingerprint density at radius 1 is 0.952 bits per heavy atom. The van der Waals surface area contributed by atoms with Crippen LogP contribution in [0.2, 0.25) is 18.1 Å². The second kappa shape index (κ2) is 22.3. The third-order valence-corrected chi connectivity index (χ3v) is 26.3. The first-order valence-electron chi connectivity index (χ1n) is 19.4. The van der Waals surface area contributed by atoms with Gasteiger partial charge in [-0.2, -0.15) is 4.98 Å². The van der Waals surface area contributed by atoms with E-state index in [1.165, 1.54) is 24.1 Å². The molecule has 1 aliphatic rings. The predicted octanol–water partition coefficient (Wildman–Crippen LogP) is 6.67. The molecule has 3 aromatic carbocycles. The molecule has 1 saturated heterocycles. The molecule has 3 heterocycles. The summed E-state index contributed by atoms with van der Waals surface area (Å²) in [7, 11) is 8.23. The van der Waals surface area contributed by atoms with E-state index in [-0.39, 0.29) is 40.6 Å². The number of aromatic nitrogens is 4. The number of aliphatic hydroxyl groups excluding tert-OH is 1. The SMILES string of the molecule is COc1ccc(C(OC[C@H]2O[C@@H](n3cnc4c(=O)[nH]c(NC(=O)C(C)C)nc43)[C@@H](O[Si](C)(C)C(C)(C)C)C2O)(c2ccccc2)c2ccc(C)cc2)cc1.S=S=S=S=S=S=S=S. The van der Waals surface area contributed by atoms with Crippen molar-refractivity contribution in [3.63, 3.8) is 0 Å². The van der Waals surface area contributed by atoms with Crippen LogP contribution >= 0.6 is 0 Å². The number of carbonyl (C=O) groups excluding carboxylic acids is 1. The van der Waals surface area contributed by atoms with Crippen molar-refractivity contribution < 1.29 is 28.5 Å². The molecule has 62 heavy (non-hydrogen) atoms. The molecule has 6 rings (SSSR count). The molecule has 5 aromatic rings. The summed E-state index contributed by atoms with van der Waals surface area (Å²) in [4.78, 5) is 37.3. The molecule has 0 saturated carbocycles. The predicted molar refractivity (Wildman–Crippen MR) is 269 cm³/mol. The summed E-state index contributed by atoms with van der Waals surface area (Å²) in [5.41, 5.74) is 2.34. The molecule has 12 nitrogen and oxygen atoms in total. The van der Waals surface area contributed by atoms with Crippen molar-refractivity contribution in [2.45, 2.75) is 89.8 Å². The number of imidazole rings is 1. The van der Waals surface area contributed by atoms with Crippen molar-refractivity contribution >= 4 is 107 Å². The Kier molecular flexibility index (Phi) is 18.0. The molecule has 0 spiro atoms. The van der Waals surface area contributed by atoms with Crippen molar-refractivity contribution in [1.82, 2.24) is 19.5 Å². The van der Waals surface area contributed by atoms with Gasteiger partial charge in [-0.15, -0.1) is 0 Å². The van der Waals surface area contributed by atoms with Gasteiger partial charge < -0.3 is 23.7 Å². The lowest BCUT2D eigenvalue weighted by Gasteiger charge is -2.40. The molecule has 21 heteroatoms. The van der Waals surface area contributed by atoms with E-state index in [0.717, 1.165) is 22.3 Å². The number of H-pyrrole nitrogens is 1. The molecule has 3 N–H and O–H groups in total. The van der Waals surface area contributed by atoms with Gasteiger partial charge in [-0.3, -0.25) is 24.5 Å². The standard InChI is InChI=1S/C41H51N5O7Si.S8/c1-25(2)36(48)44-39-43-35-32(37(49)45-39)42-24-46(35)38-34(53-54(8,9)40(4,5)6)33(47)31(52-38)23-51-41(27-13-11-10-12-14-27,28-17-15-26(3)16-18-28)29-19-21-30(50-7)22-20-29;1-3-5-7-8-6-4-2/h10-22,24-25,31,33-34,38,47H,23H2,1-9H3,(H2,43,44,45,48,49);/t31-,33?,34+,38-,41?;/m1./s1. The van der Waals surface area contributed by atoms with Crippen LogP contribution in [0, 0.1) is 12.8 Å². The van der Waals surface area contributed by atoms with Crippen molar-refractivity contribution in [2.75, 3.05) is 19.0 Å². The Hall–Kier alpha value is -2.90. The van der Waals surface area contributed by atoms with E-state index >= 15 is 0 Å². The Balaban J connectivity index is 0.000000826. The lowest BCUT2D eigenvalue weighted by molar-refractivity contribution is -0.118. The number of methoxy groups -OCH3 is 1. The Morgan fingerprint density at radius 3 is 2.08 bits per heavy atom. The number of amides is 1. The van der Waals surface area contributed by atoms with Crippen LogP contribution < -0.4 is 15.6 Å². The van der Waals surface area contributed by atoms with E-state index in [0.29, 0.717) is 5.75 Å². The zero-order valence-corrected chi connectivity index (χ0v) is 43.2. The number of ether oxygens (including phenoxy) is 3. The zero-order valence-electron chi connectivity index (χ0n) is 35.7. The van der Waals surface area contributed by atoms with E-state index in [1.807, 2.05) is 61.5 Å². The fourth-order valence-electron chi connectivity index (χ4n) is 6.45. The number of hydrogen-bond donors (Lipinski definition) is 3. The minimum atomic E-state index is -2.52. The van der Waals surface area contributed by atoms with Crippen molar-refractivity contribution in [1.29, 1.82) is 0 Å². The summed E-state index contributed by atoms with van der Waals surface area (Å²) in [5, 5.41) is 14.7. The van der Waals surface area contributed by atoms with Crippen molar-refractivity contribution in [3.8, 4) is 5.75 Å². The molecule has 0 bridgehead atoms. The third kappa shape index (κ3) is 11.9. The molecule has 1 aliphatic heterocycles. The number of aromatic amines is 1. The molecule has 2 aromatic heterocycles. The van der Waals surface area contributed by atoms with Gasteiger partial charge in [0.1, 0.15) is 29.7 Å². The first-order chi connectivity index (χ1) is 29.5. The zero-order chi connectivity index (χ0) is 45.2. The van der Waals surface area contributed by atoms with E-state index in [9.17, 15) is 14.7 Å². The number of hydrogen-bond acceptors (Lipinski definition) is 11. The summed E-state index contributed by atoms with van der Waals surface area (Å²) in [5.74, 6) is 0.0472. The van der Waals surface area contributed by atoms with Gasteiger partial charge in [-0.05, 0) is 53.9 Å². The van der Waals surface area contributed by atoms with Crippen LogP contribution in [-0.4, -0.2) is 70.9 Å². The first kappa shape index (κ1) is 50.1. The second-order valence-corrected chi connectivity index (χ2v) is 31.5. The molecule has 1 amide bonds. The van der Waals surface area contributed by atoms with Gasteiger partial charge in [0.15, 0.2) is 25.7 Å². The van der Waals surface area contributed by atoms with Crippen LogP contribution in [0.4, 0.5) is 5.95 Å². The van der Waals surface area contributed by atoms with Crippen LogP contribution in [-0.2, 0) is 100.0 Å². The number of nitrogens with zero attached hydrogens (tertiary/aromatic N) is 3. The van der Waals surface area contributed by atoms with Gasteiger partial charge in [0.05, 0.1) is 20.0 Å². The van der Waals surface area contributed by atoms with Gasteiger partial charge in [-0.1, -0.05) is 107 Å². The maximum absolute atomic E-state index is 13.2. The van der Waals surface area contributed by atoms with E-state index in [4.69, 9.17) is 18.6 Å². The number of aryl methyl sites for hydroxylation is 1. The Bertz CT molecular complexity index is 2630. The summed E-state index contributed by atoms with van der Waals surface area (Å²) in [6, 6.07) is 26.0. The number of anilines is 1. The maximum Gasteiger partial charge on any atom is 0.280 e. The highest BCUT2D eigenvalue weighted by molar-refractivity contribution is 8.70. The quantitative estimate of drug-likeness (QED) is 0.0910. The average molecular weight is 1010 g/mol.